The van der Waals surface area contributed by atoms with Crippen LogP contribution in [-0.4, -0.2) is 26.7 Å². The molecule has 0 saturated heterocycles. The summed E-state index contributed by atoms with van der Waals surface area (Å²) < 4.78 is 16.8. The van der Waals surface area contributed by atoms with E-state index in [0.717, 1.165) is 30.2 Å². The average Bonchev–Trinajstić information content (AvgIpc) is 3.12. The summed E-state index contributed by atoms with van der Waals surface area (Å²) in [6.45, 7) is 0. The van der Waals surface area contributed by atoms with E-state index in [1.807, 2.05) is 0 Å². The van der Waals surface area contributed by atoms with Crippen LogP contribution < -0.4 is 10.6 Å². The average molecular weight is 420 g/mol. The Morgan fingerprint density at radius 2 is 2.12 bits per heavy atom. The molecule has 1 aromatic heterocycles. The molecule has 1 unspecified atom stereocenters. The first-order valence-corrected chi connectivity index (χ1v) is 9.55. The zero-order chi connectivity index (χ0) is 18.1. The second-order valence-electron chi connectivity index (χ2n) is 6.65. The minimum Gasteiger partial charge on any atom is -0.348 e. The monoisotopic (exact) mass is 419 g/mol. The standard InChI is InChI=1S/C18H19BrFN5O/c19-11-6-7-14(20)13(8-11)16-9-15(24-18-21-10-22-25(16)18)17(26)23-12-4-2-1-3-5-12/h6-10,12,16H,1-5H2,(H,23,26)(H,21,22,24). The van der Waals surface area contributed by atoms with Crippen LogP contribution in [0.25, 0.3) is 0 Å². The molecule has 1 saturated carbocycles. The maximum atomic E-state index is 14.4. The third kappa shape index (κ3) is 3.38. The summed E-state index contributed by atoms with van der Waals surface area (Å²) in [6, 6.07) is 4.39. The van der Waals surface area contributed by atoms with Crippen LogP contribution in [0.2, 0.25) is 0 Å². The van der Waals surface area contributed by atoms with Crippen LogP contribution in [0.15, 0.2) is 40.8 Å². The molecule has 0 spiro atoms. The summed E-state index contributed by atoms with van der Waals surface area (Å²) in [6.07, 6.45) is 8.58. The van der Waals surface area contributed by atoms with Gasteiger partial charge >= 0.3 is 0 Å². The number of allylic oxidation sites excluding steroid dienone is 1. The SMILES string of the molecule is O=C(NC1CCCCC1)C1=CC(c2cc(Br)ccc2F)n2ncnc2N1. The first kappa shape index (κ1) is 17.2. The lowest BCUT2D eigenvalue weighted by Crippen LogP contribution is -2.39. The fourth-order valence-electron chi connectivity index (χ4n) is 3.54. The van der Waals surface area contributed by atoms with Gasteiger partial charge in [0.25, 0.3) is 5.91 Å². The van der Waals surface area contributed by atoms with Crippen molar-refractivity contribution in [1.29, 1.82) is 0 Å². The number of nitrogens with zero attached hydrogens (tertiary/aromatic N) is 3. The predicted octanol–water partition coefficient (Wildman–Crippen LogP) is 3.53. The second-order valence-corrected chi connectivity index (χ2v) is 7.57. The van der Waals surface area contributed by atoms with Crippen molar-refractivity contribution in [3.05, 3.63) is 52.2 Å². The van der Waals surface area contributed by atoms with Gasteiger partial charge in [0, 0.05) is 16.1 Å². The van der Waals surface area contributed by atoms with E-state index in [0.29, 0.717) is 17.2 Å². The third-order valence-corrected chi connectivity index (χ3v) is 5.36. The Morgan fingerprint density at radius 1 is 1.31 bits per heavy atom. The van der Waals surface area contributed by atoms with Gasteiger partial charge < -0.3 is 10.6 Å². The van der Waals surface area contributed by atoms with Crippen molar-refractivity contribution >= 4 is 27.8 Å². The van der Waals surface area contributed by atoms with E-state index < -0.39 is 6.04 Å². The Balaban J connectivity index is 1.64. The van der Waals surface area contributed by atoms with E-state index in [1.54, 1.807) is 22.9 Å². The molecule has 2 aliphatic rings. The second kappa shape index (κ2) is 7.19. The van der Waals surface area contributed by atoms with E-state index in [2.05, 4.69) is 36.6 Å². The molecule has 1 amide bonds. The van der Waals surface area contributed by atoms with Crippen LogP contribution >= 0.6 is 15.9 Å². The highest BCUT2D eigenvalue weighted by atomic mass is 79.9. The van der Waals surface area contributed by atoms with Gasteiger partial charge in [0.1, 0.15) is 23.9 Å². The number of fused-ring (bicyclic) bond motifs is 1. The lowest BCUT2D eigenvalue weighted by atomic mass is 9.95. The van der Waals surface area contributed by atoms with Crippen LogP contribution in [0.4, 0.5) is 10.3 Å². The van der Waals surface area contributed by atoms with Crippen LogP contribution in [-0.2, 0) is 4.79 Å². The summed E-state index contributed by atoms with van der Waals surface area (Å²) in [5, 5.41) is 10.3. The molecule has 6 nitrogen and oxygen atoms in total. The van der Waals surface area contributed by atoms with E-state index >= 15 is 0 Å². The Kier molecular flexibility index (Phi) is 4.76. The van der Waals surface area contributed by atoms with Crippen molar-refractivity contribution in [3.63, 3.8) is 0 Å². The van der Waals surface area contributed by atoms with Crippen LogP contribution in [0.3, 0.4) is 0 Å². The fourth-order valence-corrected chi connectivity index (χ4v) is 3.92. The molecule has 2 N–H and O–H groups in total. The molecule has 2 heterocycles. The van der Waals surface area contributed by atoms with Crippen LogP contribution in [0.1, 0.15) is 43.7 Å². The Morgan fingerprint density at radius 3 is 2.92 bits per heavy atom. The summed E-state index contributed by atoms with van der Waals surface area (Å²) in [4.78, 5) is 16.9. The lowest BCUT2D eigenvalue weighted by Gasteiger charge is -2.27. The van der Waals surface area contributed by atoms with E-state index in [-0.39, 0.29) is 17.8 Å². The number of halogens is 2. The number of anilines is 1. The molecule has 1 fully saturated rings. The van der Waals surface area contributed by atoms with Gasteiger partial charge in [-0.1, -0.05) is 35.2 Å². The summed E-state index contributed by atoms with van der Waals surface area (Å²) >= 11 is 3.38. The Hall–Kier alpha value is -2.22. The van der Waals surface area contributed by atoms with E-state index in [9.17, 15) is 9.18 Å². The summed E-state index contributed by atoms with van der Waals surface area (Å²) in [5.41, 5.74) is 0.802. The smallest absolute Gasteiger partial charge is 0.267 e. The maximum absolute atomic E-state index is 14.4. The van der Waals surface area contributed by atoms with Crippen molar-refractivity contribution < 1.29 is 9.18 Å². The molecule has 2 aromatic rings. The number of amides is 1. The van der Waals surface area contributed by atoms with E-state index in [4.69, 9.17) is 0 Å². The molecule has 1 aromatic carbocycles. The first-order valence-electron chi connectivity index (χ1n) is 8.76. The lowest BCUT2D eigenvalue weighted by molar-refractivity contribution is -0.118. The number of hydrogen-bond acceptors (Lipinski definition) is 4. The number of carbonyl (C=O) groups excluding carboxylic acids is 1. The molecule has 4 rings (SSSR count). The number of carbonyl (C=O) groups is 1. The highest BCUT2D eigenvalue weighted by Gasteiger charge is 2.28. The number of rotatable bonds is 3. The fraction of sp³-hybridized carbons (Fsp3) is 0.389. The molecular weight excluding hydrogens is 401 g/mol. The topological polar surface area (TPSA) is 71.8 Å². The van der Waals surface area contributed by atoms with Crippen molar-refractivity contribution in [2.75, 3.05) is 5.32 Å². The largest absolute Gasteiger partial charge is 0.348 e. The molecule has 0 radical (unpaired) electrons. The minimum absolute atomic E-state index is 0.188. The molecule has 1 aliphatic carbocycles. The quantitative estimate of drug-likeness (QED) is 0.797. The van der Waals surface area contributed by atoms with Gasteiger partial charge in [0.15, 0.2) is 0 Å². The number of hydrogen-bond donors (Lipinski definition) is 2. The van der Waals surface area contributed by atoms with Crippen molar-refractivity contribution in [3.8, 4) is 0 Å². The van der Waals surface area contributed by atoms with Gasteiger partial charge in [0.2, 0.25) is 5.95 Å². The normalized spacial score (nSPS) is 20.1. The van der Waals surface area contributed by atoms with Crippen molar-refractivity contribution in [1.82, 2.24) is 20.1 Å². The van der Waals surface area contributed by atoms with Gasteiger partial charge in [-0.15, -0.1) is 0 Å². The highest BCUT2D eigenvalue weighted by Crippen LogP contribution is 2.31. The summed E-state index contributed by atoms with van der Waals surface area (Å²) in [7, 11) is 0. The number of benzene rings is 1. The molecule has 1 aliphatic heterocycles. The van der Waals surface area contributed by atoms with Crippen molar-refractivity contribution in [2.24, 2.45) is 0 Å². The summed E-state index contributed by atoms with van der Waals surface area (Å²) in [5.74, 6) is -0.123. The third-order valence-electron chi connectivity index (χ3n) is 4.87. The predicted molar refractivity (Wildman–Crippen MR) is 99.0 cm³/mol. The highest BCUT2D eigenvalue weighted by molar-refractivity contribution is 9.10. The van der Waals surface area contributed by atoms with Gasteiger partial charge in [-0.05, 0) is 37.1 Å². The van der Waals surface area contributed by atoms with Gasteiger partial charge in [-0.3, -0.25) is 4.79 Å². The molecular formula is C18H19BrFN5O. The minimum atomic E-state index is -0.543. The van der Waals surface area contributed by atoms with Crippen LogP contribution in [0, 0.1) is 5.82 Å². The zero-order valence-corrected chi connectivity index (χ0v) is 15.7. The number of nitrogens with one attached hydrogen (secondary N) is 2. The van der Waals surface area contributed by atoms with Gasteiger partial charge in [-0.2, -0.15) is 10.1 Å². The van der Waals surface area contributed by atoms with E-state index in [1.165, 1.54) is 18.8 Å². The van der Waals surface area contributed by atoms with Gasteiger partial charge in [-0.25, -0.2) is 9.07 Å². The molecule has 8 heteroatoms. The Bertz CT molecular complexity index is 859. The maximum Gasteiger partial charge on any atom is 0.267 e. The van der Waals surface area contributed by atoms with Gasteiger partial charge in [0.05, 0.1) is 0 Å². The molecule has 1 atom stereocenters. The van der Waals surface area contributed by atoms with Crippen molar-refractivity contribution in [2.45, 2.75) is 44.2 Å². The molecule has 0 bridgehead atoms. The molecule has 136 valence electrons. The number of aromatic nitrogens is 3. The van der Waals surface area contributed by atoms with Crippen LogP contribution in [0.5, 0.6) is 0 Å². The first-order chi connectivity index (χ1) is 12.6. The zero-order valence-electron chi connectivity index (χ0n) is 14.1. The Labute approximate surface area is 159 Å². The molecule has 26 heavy (non-hydrogen) atoms.